The Labute approximate surface area is 263 Å². The number of benzene rings is 2. The van der Waals surface area contributed by atoms with Crippen molar-refractivity contribution in [2.24, 2.45) is 28.8 Å². The topological polar surface area (TPSA) is 119 Å². The summed E-state index contributed by atoms with van der Waals surface area (Å²) in [5.74, 6) is -0.141. The van der Waals surface area contributed by atoms with Crippen LogP contribution < -0.4 is 14.8 Å². The Kier molecular flexibility index (Phi) is 8.49. The maximum Gasteiger partial charge on any atom is 0.335 e. The van der Waals surface area contributed by atoms with Crippen molar-refractivity contribution in [3.8, 4) is 5.75 Å². The molecule has 1 fully saturated rings. The number of allylic oxidation sites excluding steroid dienone is 1. The third-order valence-electron chi connectivity index (χ3n) is 10.5. The number of hydrogen-bond donors (Lipinski definition) is 2. The van der Waals surface area contributed by atoms with Gasteiger partial charge in [0.2, 0.25) is 10.0 Å². The third kappa shape index (κ3) is 5.86. The molecule has 1 heterocycles. The Morgan fingerprint density at radius 2 is 2.07 bits per heavy atom. The number of halogens is 2. The van der Waals surface area contributed by atoms with E-state index >= 15 is 4.39 Å². The lowest BCUT2D eigenvalue weighted by molar-refractivity contribution is -0.000285. The first-order valence-electron chi connectivity index (χ1n) is 15.4. The van der Waals surface area contributed by atoms with Crippen molar-refractivity contribution in [1.29, 1.82) is 0 Å². The average Bonchev–Trinajstić information content (AvgIpc) is 3.07. The molecule has 8 nitrogen and oxygen atoms in total. The number of nitrogens with two attached hydrogens (primary N) is 1. The quantitative estimate of drug-likeness (QED) is 0.342. The summed E-state index contributed by atoms with van der Waals surface area (Å²) in [6.07, 6.45) is 7.11. The van der Waals surface area contributed by atoms with Crippen LogP contribution in [0.2, 0.25) is 5.02 Å². The summed E-state index contributed by atoms with van der Waals surface area (Å²) in [4.78, 5) is 14.2. The van der Waals surface area contributed by atoms with E-state index in [-0.39, 0.29) is 51.9 Å². The highest BCUT2D eigenvalue weighted by Gasteiger charge is 2.46. The maximum atomic E-state index is 15.2. The number of carboxylic acids is 1. The molecule has 0 radical (unpaired) electrons. The van der Waals surface area contributed by atoms with Gasteiger partial charge >= 0.3 is 5.97 Å². The van der Waals surface area contributed by atoms with Crippen LogP contribution in [0, 0.1) is 29.5 Å². The van der Waals surface area contributed by atoms with Crippen LogP contribution >= 0.6 is 11.6 Å². The molecule has 0 amide bonds. The normalized spacial score (nSPS) is 27.5. The fourth-order valence-electron chi connectivity index (χ4n) is 7.97. The zero-order valence-electron chi connectivity index (χ0n) is 25.1. The Morgan fingerprint density at radius 3 is 2.73 bits per heavy atom. The maximum absolute atomic E-state index is 15.2. The molecule has 0 saturated heterocycles. The van der Waals surface area contributed by atoms with Gasteiger partial charge in [0.25, 0.3) is 0 Å². The summed E-state index contributed by atoms with van der Waals surface area (Å²) in [6.45, 7) is 3.51. The summed E-state index contributed by atoms with van der Waals surface area (Å²) in [5, 5.41) is 15.2. The summed E-state index contributed by atoms with van der Waals surface area (Å²) >= 11 is 6.18. The van der Waals surface area contributed by atoms with Crippen LogP contribution in [0.25, 0.3) is 0 Å². The molecule has 0 aromatic heterocycles. The van der Waals surface area contributed by atoms with Gasteiger partial charge in [0, 0.05) is 25.6 Å². The minimum atomic E-state index is -3.53. The highest BCUT2D eigenvalue weighted by Crippen LogP contribution is 2.49. The zero-order valence-corrected chi connectivity index (χ0v) is 26.7. The van der Waals surface area contributed by atoms with E-state index in [0.29, 0.717) is 37.4 Å². The molecule has 0 bridgehead atoms. The minimum Gasteiger partial charge on any atom is -0.490 e. The Bertz CT molecular complexity index is 1600. The monoisotopic (exact) mass is 646 g/mol. The smallest absolute Gasteiger partial charge is 0.335 e. The van der Waals surface area contributed by atoms with E-state index in [9.17, 15) is 18.3 Å². The third-order valence-corrected chi connectivity index (χ3v) is 11.7. The number of hydrogen-bond acceptors (Lipinski definition) is 6. The highest BCUT2D eigenvalue weighted by molar-refractivity contribution is 7.89. The molecule has 3 aliphatic carbocycles. The molecule has 6 atom stereocenters. The summed E-state index contributed by atoms with van der Waals surface area (Å²) < 4.78 is 50.9. The molecule has 1 unspecified atom stereocenters. The van der Waals surface area contributed by atoms with E-state index in [1.54, 1.807) is 31.4 Å². The Morgan fingerprint density at radius 1 is 1.30 bits per heavy atom. The van der Waals surface area contributed by atoms with Gasteiger partial charge in [0.15, 0.2) is 0 Å². The number of rotatable bonds is 9. The van der Waals surface area contributed by atoms with Gasteiger partial charge in [0.05, 0.1) is 34.7 Å². The van der Waals surface area contributed by atoms with E-state index in [2.05, 4.69) is 11.0 Å². The average molecular weight is 647 g/mol. The van der Waals surface area contributed by atoms with Gasteiger partial charge in [-0.1, -0.05) is 30.7 Å². The van der Waals surface area contributed by atoms with Gasteiger partial charge in [-0.3, -0.25) is 0 Å². The fraction of sp³-hybridized carbons (Fsp3) is 0.545. The molecule has 3 N–H and O–H groups in total. The van der Waals surface area contributed by atoms with Gasteiger partial charge in [-0.05, 0) is 103 Å². The number of methoxy groups -OCH3 is 1. The number of anilines is 1. The number of fused-ring (bicyclic) bond motifs is 3. The second kappa shape index (κ2) is 11.9. The second-order valence-electron chi connectivity index (χ2n) is 13.3. The molecular formula is C33H40ClFN2O6S. The van der Waals surface area contributed by atoms with E-state index in [4.69, 9.17) is 26.2 Å². The highest BCUT2D eigenvalue weighted by atomic mass is 35.5. The van der Waals surface area contributed by atoms with Crippen LogP contribution in [0.1, 0.15) is 60.5 Å². The largest absolute Gasteiger partial charge is 0.490 e. The van der Waals surface area contributed by atoms with Crippen molar-refractivity contribution in [3.63, 3.8) is 0 Å². The van der Waals surface area contributed by atoms with Crippen LogP contribution in [0.3, 0.4) is 0 Å². The summed E-state index contributed by atoms with van der Waals surface area (Å²) in [5.41, 5.74) is 3.21. The van der Waals surface area contributed by atoms with Crippen molar-refractivity contribution in [2.75, 3.05) is 37.5 Å². The lowest BCUT2D eigenvalue weighted by Gasteiger charge is -2.48. The lowest BCUT2D eigenvalue weighted by atomic mass is 9.64. The molecule has 1 saturated carbocycles. The van der Waals surface area contributed by atoms with Crippen LogP contribution in [0.15, 0.2) is 42.0 Å². The van der Waals surface area contributed by atoms with E-state index in [1.807, 2.05) is 13.0 Å². The predicted molar refractivity (Wildman–Crippen MR) is 167 cm³/mol. The first-order valence-corrected chi connectivity index (χ1v) is 17.4. The lowest BCUT2D eigenvalue weighted by Crippen LogP contribution is -2.50. The van der Waals surface area contributed by atoms with Crippen LogP contribution in [0.5, 0.6) is 5.75 Å². The van der Waals surface area contributed by atoms with Crippen LogP contribution in [-0.2, 0) is 26.6 Å². The molecule has 1 aliphatic heterocycles. The zero-order chi connectivity index (χ0) is 31.4. The first-order chi connectivity index (χ1) is 20.9. The van der Waals surface area contributed by atoms with Crippen molar-refractivity contribution >= 4 is 33.3 Å². The Balaban J connectivity index is 1.29. The second-order valence-corrected chi connectivity index (χ2v) is 15.3. The van der Waals surface area contributed by atoms with E-state index in [0.717, 1.165) is 43.4 Å². The minimum absolute atomic E-state index is 0.0408. The van der Waals surface area contributed by atoms with Crippen molar-refractivity contribution < 1.29 is 32.2 Å². The van der Waals surface area contributed by atoms with Crippen molar-refractivity contribution in [1.82, 2.24) is 0 Å². The van der Waals surface area contributed by atoms with E-state index in [1.165, 1.54) is 5.57 Å². The van der Waals surface area contributed by atoms with Crippen LogP contribution in [0.4, 0.5) is 10.1 Å². The van der Waals surface area contributed by atoms with Gasteiger partial charge in [-0.15, -0.1) is 0 Å². The molecule has 6 rings (SSSR count). The SMILES string of the molecule is CO[C@@H](C1=CC([C@H](C)CS(N)(=O)=O)C1)[C@@H]1CC[C@H]1CN1C[C@@]2(CCCc3c2ccc(Cl)c3F)COc2ccc(C(=O)O)cc21. The first kappa shape index (κ1) is 31.3. The summed E-state index contributed by atoms with van der Waals surface area (Å²) in [7, 11) is -1.81. The van der Waals surface area contributed by atoms with Gasteiger partial charge in [-0.25, -0.2) is 22.7 Å². The fourth-order valence-corrected chi connectivity index (χ4v) is 9.12. The Hall–Kier alpha value is -2.66. The number of nitrogens with zero attached hydrogens (tertiary/aromatic N) is 1. The number of primary sulfonamides is 1. The molecule has 44 heavy (non-hydrogen) atoms. The molecule has 238 valence electrons. The summed E-state index contributed by atoms with van der Waals surface area (Å²) in [6, 6.07) is 8.55. The molecule has 11 heteroatoms. The number of aromatic carboxylic acids is 1. The number of carboxylic acid groups (broad SMARTS) is 1. The standard InChI is InChI=1S/C33H40ClFN2O6S/c1-19(16-44(36,40)41)22-12-23(13-22)31(42-2)24-7-5-21(24)15-37-17-33(11-3-4-25-26(33)8-9-27(34)30(25)35)18-43-29-10-6-20(32(38)39)14-28(29)37/h6,8-10,12,14,19,21-22,24,31H,3-5,7,11,13,15-18H2,1-2H3,(H,38,39)(H2,36,40,41)/t19-,21+,22?,24-,31+,33+/m1/s1. The van der Waals surface area contributed by atoms with Crippen LogP contribution in [-0.4, -0.2) is 58.2 Å². The molecule has 2 aromatic carbocycles. The number of sulfonamides is 1. The van der Waals surface area contributed by atoms with Gasteiger partial charge in [0.1, 0.15) is 11.6 Å². The number of ether oxygens (including phenoxy) is 2. The predicted octanol–water partition coefficient (Wildman–Crippen LogP) is 5.56. The molecule has 2 aromatic rings. The molecule has 4 aliphatic rings. The molecular weight excluding hydrogens is 607 g/mol. The number of carbonyl (C=O) groups is 1. The van der Waals surface area contributed by atoms with Crippen molar-refractivity contribution in [2.45, 2.75) is 57.0 Å². The van der Waals surface area contributed by atoms with E-state index < -0.39 is 21.4 Å². The van der Waals surface area contributed by atoms with Crippen molar-refractivity contribution in [3.05, 3.63) is 69.5 Å². The molecule has 1 spiro atoms. The van der Waals surface area contributed by atoms with Gasteiger partial charge in [-0.2, -0.15) is 0 Å². The van der Waals surface area contributed by atoms with Gasteiger partial charge < -0.3 is 19.5 Å².